The first-order valence-corrected chi connectivity index (χ1v) is 8.17. The molecule has 0 aliphatic rings. The molecule has 0 aliphatic carbocycles. The van der Waals surface area contributed by atoms with Crippen LogP contribution in [0.5, 0.6) is 0 Å². The number of pyridine rings is 1. The van der Waals surface area contributed by atoms with Crippen molar-refractivity contribution in [3.63, 3.8) is 0 Å². The van der Waals surface area contributed by atoms with E-state index in [4.69, 9.17) is 0 Å². The quantitative estimate of drug-likeness (QED) is 0.752. The largest absolute Gasteiger partial charge is 0.392 e. The number of rotatable bonds is 5. The monoisotopic (exact) mass is 332 g/mol. The van der Waals surface area contributed by atoms with Crippen molar-refractivity contribution in [1.29, 1.82) is 0 Å². The van der Waals surface area contributed by atoms with Gasteiger partial charge < -0.3 is 10.4 Å². The van der Waals surface area contributed by atoms with E-state index in [2.05, 4.69) is 10.3 Å². The van der Waals surface area contributed by atoms with E-state index in [1.165, 1.54) is 0 Å². The molecule has 0 unspecified atom stereocenters. The van der Waals surface area contributed by atoms with Crippen LogP contribution in [-0.4, -0.2) is 16.0 Å². The Bertz CT molecular complexity index is 876. The van der Waals surface area contributed by atoms with Gasteiger partial charge in [0.2, 0.25) is 0 Å². The molecule has 0 fully saturated rings. The zero-order valence-corrected chi connectivity index (χ0v) is 14.1. The van der Waals surface area contributed by atoms with E-state index in [0.717, 1.165) is 27.9 Å². The van der Waals surface area contributed by atoms with Crippen molar-refractivity contribution in [3.8, 4) is 11.3 Å². The number of nitrogens with zero attached hydrogens (tertiary/aromatic N) is 1. The van der Waals surface area contributed by atoms with Gasteiger partial charge >= 0.3 is 0 Å². The summed E-state index contributed by atoms with van der Waals surface area (Å²) in [7, 11) is 0. The molecule has 2 N–H and O–H groups in total. The van der Waals surface area contributed by atoms with Gasteiger partial charge in [0.1, 0.15) is 0 Å². The summed E-state index contributed by atoms with van der Waals surface area (Å²) in [6, 6.07) is 18.9. The number of nitrogens with one attached hydrogen (secondary N) is 1. The molecule has 25 heavy (non-hydrogen) atoms. The smallest absolute Gasteiger partial charge is 0.251 e. The minimum atomic E-state index is -0.136. The Morgan fingerprint density at radius 1 is 1.00 bits per heavy atom. The number of hydrogen-bond donors (Lipinski definition) is 2. The maximum absolute atomic E-state index is 12.6. The molecule has 0 saturated heterocycles. The number of carbonyl (C=O) groups is 1. The predicted molar refractivity (Wildman–Crippen MR) is 97.9 cm³/mol. The molecule has 4 nitrogen and oxygen atoms in total. The lowest BCUT2D eigenvalue weighted by Gasteiger charge is -2.12. The molecule has 2 aromatic carbocycles. The Labute approximate surface area is 147 Å². The molecule has 1 amide bonds. The fourth-order valence-electron chi connectivity index (χ4n) is 2.84. The van der Waals surface area contributed by atoms with Crippen LogP contribution in [0.15, 0.2) is 66.9 Å². The summed E-state index contributed by atoms with van der Waals surface area (Å²) in [5, 5.41) is 12.3. The van der Waals surface area contributed by atoms with E-state index in [1.807, 2.05) is 67.6 Å². The minimum Gasteiger partial charge on any atom is -0.392 e. The van der Waals surface area contributed by atoms with Gasteiger partial charge in [-0.2, -0.15) is 0 Å². The number of aromatic nitrogens is 1. The Morgan fingerprint density at radius 2 is 1.76 bits per heavy atom. The van der Waals surface area contributed by atoms with Gasteiger partial charge in [-0.05, 0) is 41.8 Å². The van der Waals surface area contributed by atoms with Gasteiger partial charge in [-0.15, -0.1) is 0 Å². The first-order chi connectivity index (χ1) is 12.2. The molecular weight excluding hydrogens is 312 g/mol. The molecule has 0 atom stereocenters. The summed E-state index contributed by atoms with van der Waals surface area (Å²) in [4.78, 5) is 17.0. The van der Waals surface area contributed by atoms with Crippen LogP contribution in [0, 0.1) is 6.92 Å². The molecule has 0 bridgehead atoms. The standard InChI is InChI=1S/C21H20N2O2/c1-15-18(20-11-4-5-12-22-20)9-6-10-19(15)21(25)23-13-16-7-2-3-8-17(16)14-24/h2-12,24H,13-14H2,1H3,(H,23,25). The van der Waals surface area contributed by atoms with E-state index in [-0.39, 0.29) is 12.5 Å². The Morgan fingerprint density at radius 3 is 2.48 bits per heavy atom. The summed E-state index contributed by atoms with van der Waals surface area (Å²) in [6.07, 6.45) is 1.74. The van der Waals surface area contributed by atoms with Gasteiger partial charge in [0.15, 0.2) is 0 Å². The molecule has 1 heterocycles. The number of carbonyl (C=O) groups excluding carboxylic acids is 1. The fourth-order valence-corrected chi connectivity index (χ4v) is 2.84. The Kier molecular flexibility index (Phi) is 5.21. The van der Waals surface area contributed by atoms with Gasteiger partial charge in [-0.3, -0.25) is 9.78 Å². The highest BCUT2D eigenvalue weighted by atomic mass is 16.3. The van der Waals surface area contributed by atoms with Crippen LogP contribution in [-0.2, 0) is 13.2 Å². The maximum atomic E-state index is 12.6. The first-order valence-electron chi connectivity index (χ1n) is 8.17. The number of aliphatic hydroxyl groups is 1. The summed E-state index contributed by atoms with van der Waals surface area (Å²) in [5.74, 6) is -0.136. The third kappa shape index (κ3) is 3.75. The van der Waals surface area contributed by atoms with Crippen molar-refractivity contribution < 1.29 is 9.90 Å². The van der Waals surface area contributed by atoms with Crippen molar-refractivity contribution in [1.82, 2.24) is 10.3 Å². The SMILES string of the molecule is Cc1c(C(=O)NCc2ccccc2CO)cccc1-c1ccccn1. The maximum Gasteiger partial charge on any atom is 0.251 e. The number of hydrogen-bond acceptors (Lipinski definition) is 3. The topological polar surface area (TPSA) is 62.2 Å². The normalized spacial score (nSPS) is 10.5. The highest BCUT2D eigenvalue weighted by Gasteiger charge is 2.13. The fraction of sp³-hybridized carbons (Fsp3) is 0.143. The van der Waals surface area contributed by atoms with E-state index in [0.29, 0.717) is 12.1 Å². The van der Waals surface area contributed by atoms with Gasteiger partial charge in [0.05, 0.1) is 12.3 Å². The average molecular weight is 332 g/mol. The zero-order valence-electron chi connectivity index (χ0n) is 14.1. The molecule has 3 aromatic rings. The first kappa shape index (κ1) is 16.9. The van der Waals surface area contributed by atoms with E-state index >= 15 is 0 Å². The van der Waals surface area contributed by atoms with Crippen LogP contribution < -0.4 is 5.32 Å². The van der Waals surface area contributed by atoms with Crippen molar-refractivity contribution in [2.24, 2.45) is 0 Å². The number of benzene rings is 2. The Hall–Kier alpha value is -2.98. The summed E-state index contributed by atoms with van der Waals surface area (Å²) in [6.45, 7) is 2.27. The Balaban J connectivity index is 1.81. The predicted octanol–water partition coefficient (Wildman–Crippen LogP) is 3.48. The summed E-state index contributed by atoms with van der Waals surface area (Å²) >= 11 is 0. The van der Waals surface area contributed by atoms with Crippen LogP contribution >= 0.6 is 0 Å². The second-order valence-corrected chi connectivity index (χ2v) is 5.80. The lowest BCUT2D eigenvalue weighted by atomic mass is 9.99. The highest BCUT2D eigenvalue weighted by molar-refractivity contribution is 5.97. The van der Waals surface area contributed by atoms with Crippen molar-refractivity contribution in [2.45, 2.75) is 20.1 Å². The van der Waals surface area contributed by atoms with Gasteiger partial charge in [-0.1, -0.05) is 42.5 Å². The molecule has 0 aliphatic heterocycles. The second-order valence-electron chi connectivity index (χ2n) is 5.80. The molecule has 3 rings (SSSR count). The number of aliphatic hydroxyl groups excluding tert-OH is 1. The second kappa shape index (κ2) is 7.73. The third-order valence-corrected chi connectivity index (χ3v) is 4.25. The molecule has 0 saturated carbocycles. The lowest BCUT2D eigenvalue weighted by molar-refractivity contribution is 0.0950. The van der Waals surface area contributed by atoms with Crippen molar-refractivity contribution in [2.75, 3.05) is 0 Å². The molecule has 0 spiro atoms. The van der Waals surface area contributed by atoms with Crippen LogP contribution in [0.25, 0.3) is 11.3 Å². The zero-order chi connectivity index (χ0) is 17.6. The van der Waals surface area contributed by atoms with E-state index in [1.54, 1.807) is 6.20 Å². The lowest BCUT2D eigenvalue weighted by Crippen LogP contribution is -2.24. The van der Waals surface area contributed by atoms with Gasteiger partial charge in [0, 0.05) is 23.9 Å². The van der Waals surface area contributed by atoms with E-state index in [9.17, 15) is 9.90 Å². The van der Waals surface area contributed by atoms with Crippen LogP contribution in [0.1, 0.15) is 27.0 Å². The molecule has 4 heteroatoms. The van der Waals surface area contributed by atoms with Crippen molar-refractivity contribution >= 4 is 5.91 Å². The number of amides is 1. The van der Waals surface area contributed by atoms with Crippen molar-refractivity contribution in [3.05, 3.63) is 89.1 Å². The summed E-state index contributed by atoms with van der Waals surface area (Å²) in [5.41, 5.74) is 5.06. The summed E-state index contributed by atoms with van der Waals surface area (Å²) < 4.78 is 0. The minimum absolute atomic E-state index is 0.0414. The van der Waals surface area contributed by atoms with Gasteiger partial charge in [-0.25, -0.2) is 0 Å². The third-order valence-electron chi connectivity index (χ3n) is 4.25. The average Bonchev–Trinajstić information content (AvgIpc) is 2.67. The highest BCUT2D eigenvalue weighted by Crippen LogP contribution is 2.24. The molecular formula is C21H20N2O2. The van der Waals surface area contributed by atoms with E-state index < -0.39 is 0 Å². The molecule has 126 valence electrons. The van der Waals surface area contributed by atoms with Crippen LogP contribution in [0.4, 0.5) is 0 Å². The molecule has 0 radical (unpaired) electrons. The van der Waals surface area contributed by atoms with Crippen LogP contribution in [0.3, 0.4) is 0 Å². The van der Waals surface area contributed by atoms with Crippen LogP contribution in [0.2, 0.25) is 0 Å². The molecule has 1 aromatic heterocycles. The van der Waals surface area contributed by atoms with Gasteiger partial charge in [0.25, 0.3) is 5.91 Å².